The highest BCUT2D eigenvalue weighted by Crippen LogP contribution is 2.32. The number of hydrogen-bond donors (Lipinski definition) is 0. The van der Waals surface area contributed by atoms with Crippen molar-refractivity contribution in [1.29, 1.82) is 0 Å². The molecule has 2 aromatic heterocycles. The summed E-state index contributed by atoms with van der Waals surface area (Å²) in [6, 6.07) is 20.3. The molecule has 1 aliphatic heterocycles. The molecule has 0 aliphatic carbocycles. The summed E-state index contributed by atoms with van der Waals surface area (Å²) in [6.45, 7) is 3.15. The number of piperidine rings is 1. The van der Waals surface area contributed by atoms with Crippen molar-refractivity contribution in [2.45, 2.75) is 31.7 Å². The van der Waals surface area contributed by atoms with Crippen LogP contribution in [0.4, 0.5) is 5.82 Å². The molecule has 1 aliphatic rings. The summed E-state index contributed by atoms with van der Waals surface area (Å²) in [7, 11) is 0. The van der Waals surface area contributed by atoms with Crippen molar-refractivity contribution in [3.8, 4) is 0 Å². The third-order valence-electron chi connectivity index (χ3n) is 5.34. The van der Waals surface area contributed by atoms with E-state index in [4.69, 9.17) is 4.98 Å². The van der Waals surface area contributed by atoms with E-state index in [1.165, 1.54) is 12.0 Å². The predicted octanol–water partition coefficient (Wildman–Crippen LogP) is 4.48. The van der Waals surface area contributed by atoms with E-state index in [1.807, 2.05) is 12.1 Å². The van der Waals surface area contributed by atoms with Crippen molar-refractivity contribution in [3.63, 3.8) is 0 Å². The molecule has 1 aromatic carbocycles. The fourth-order valence-corrected chi connectivity index (χ4v) is 3.78. The lowest BCUT2D eigenvalue weighted by Gasteiger charge is -2.39. The molecule has 136 valence electrons. The topological polar surface area (TPSA) is 46.1 Å². The van der Waals surface area contributed by atoms with Gasteiger partial charge in [-0.1, -0.05) is 36.4 Å². The number of pyridine rings is 2. The Morgan fingerprint density at radius 1 is 1.00 bits per heavy atom. The van der Waals surface area contributed by atoms with E-state index in [0.717, 1.165) is 18.8 Å². The predicted molar refractivity (Wildman–Crippen MR) is 107 cm³/mol. The molecule has 2 atom stereocenters. The molecule has 0 saturated carbocycles. The van der Waals surface area contributed by atoms with E-state index in [2.05, 4.69) is 47.1 Å². The molecule has 1 saturated heterocycles. The summed E-state index contributed by atoms with van der Waals surface area (Å²) in [5.41, 5.74) is 2.41. The van der Waals surface area contributed by atoms with Gasteiger partial charge in [-0.15, -0.1) is 0 Å². The lowest BCUT2D eigenvalue weighted by Crippen LogP contribution is -2.41. The van der Waals surface area contributed by atoms with Crippen LogP contribution in [0.5, 0.6) is 0 Å². The molecule has 3 aromatic rings. The van der Waals surface area contributed by atoms with Gasteiger partial charge < -0.3 is 4.90 Å². The molecule has 4 heteroatoms. The van der Waals surface area contributed by atoms with Gasteiger partial charge in [-0.2, -0.15) is 0 Å². The van der Waals surface area contributed by atoms with Crippen molar-refractivity contribution in [2.75, 3.05) is 11.4 Å². The molecule has 3 heterocycles. The molecule has 1 fully saturated rings. The summed E-state index contributed by atoms with van der Waals surface area (Å²) in [4.78, 5) is 23.8. The maximum Gasteiger partial charge on any atom is 0.212 e. The van der Waals surface area contributed by atoms with Gasteiger partial charge in [0.15, 0.2) is 0 Å². The highest BCUT2D eigenvalue weighted by Gasteiger charge is 2.27. The standard InChI is InChI=1S/C23H23N3O/c1-17-12-13-20(18-7-3-2-4-8-18)16-26(17)22-11-5-10-21(25-22)23(27)19-9-6-14-24-15-19/h2-11,14-15,17,20H,12-13,16H2,1H3. The Balaban J connectivity index is 1.59. The normalized spacial score (nSPS) is 19.7. The third kappa shape index (κ3) is 3.75. The first-order valence-electron chi connectivity index (χ1n) is 9.46. The summed E-state index contributed by atoms with van der Waals surface area (Å²) in [6.07, 6.45) is 5.55. The first-order valence-corrected chi connectivity index (χ1v) is 9.46. The van der Waals surface area contributed by atoms with Crippen LogP contribution in [0, 0.1) is 0 Å². The van der Waals surface area contributed by atoms with E-state index < -0.39 is 0 Å². The number of hydrogen-bond acceptors (Lipinski definition) is 4. The van der Waals surface area contributed by atoms with E-state index in [-0.39, 0.29) is 5.78 Å². The van der Waals surface area contributed by atoms with Crippen LogP contribution in [-0.2, 0) is 0 Å². The van der Waals surface area contributed by atoms with Gasteiger partial charge in [0.2, 0.25) is 5.78 Å². The van der Waals surface area contributed by atoms with Gasteiger partial charge in [0.25, 0.3) is 0 Å². The number of benzene rings is 1. The third-order valence-corrected chi connectivity index (χ3v) is 5.34. The van der Waals surface area contributed by atoms with E-state index >= 15 is 0 Å². The van der Waals surface area contributed by atoms with Crippen LogP contribution in [0.3, 0.4) is 0 Å². The van der Waals surface area contributed by atoms with Crippen LogP contribution >= 0.6 is 0 Å². The minimum Gasteiger partial charge on any atom is -0.353 e. The van der Waals surface area contributed by atoms with Crippen LogP contribution in [0.2, 0.25) is 0 Å². The highest BCUT2D eigenvalue weighted by molar-refractivity contribution is 6.07. The molecule has 0 spiro atoms. The monoisotopic (exact) mass is 357 g/mol. The zero-order valence-electron chi connectivity index (χ0n) is 15.5. The van der Waals surface area contributed by atoms with Crippen molar-refractivity contribution in [1.82, 2.24) is 9.97 Å². The smallest absolute Gasteiger partial charge is 0.212 e. The first kappa shape index (κ1) is 17.4. The largest absolute Gasteiger partial charge is 0.353 e. The molecular formula is C23H23N3O. The van der Waals surface area contributed by atoms with Crippen LogP contribution < -0.4 is 4.90 Å². The van der Waals surface area contributed by atoms with Gasteiger partial charge in [0.05, 0.1) is 0 Å². The summed E-state index contributed by atoms with van der Waals surface area (Å²) in [5.74, 6) is 1.27. The van der Waals surface area contributed by atoms with E-state index in [9.17, 15) is 4.79 Å². The molecule has 27 heavy (non-hydrogen) atoms. The highest BCUT2D eigenvalue weighted by atomic mass is 16.1. The number of carbonyl (C=O) groups is 1. The molecule has 2 unspecified atom stereocenters. The van der Waals surface area contributed by atoms with Crippen molar-refractivity contribution in [2.24, 2.45) is 0 Å². The van der Waals surface area contributed by atoms with Gasteiger partial charge in [-0.3, -0.25) is 9.78 Å². The molecular weight excluding hydrogens is 334 g/mol. The van der Waals surface area contributed by atoms with Gasteiger partial charge in [0, 0.05) is 36.5 Å². The van der Waals surface area contributed by atoms with E-state index in [1.54, 1.807) is 30.6 Å². The Labute approximate surface area is 159 Å². The fraction of sp³-hybridized carbons (Fsp3) is 0.261. The van der Waals surface area contributed by atoms with Crippen molar-refractivity contribution in [3.05, 3.63) is 89.9 Å². The number of aromatic nitrogens is 2. The first-order chi connectivity index (χ1) is 13.2. The van der Waals surface area contributed by atoms with Crippen molar-refractivity contribution < 1.29 is 4.79 Å². The van der Waals surface area contributed by atoms with Crippen LogP contribution in [0.1, 0.15) is 47.3 Å². The van der Waals surface area contributed by atoms with Crippen molar-refractivity contribution >= 4 is 11.6 Å². The average molecular weight is 357 g/mol. The Kier molecular flexibility index (Phi) is 4.97. The number of rotatable bonds is 4. The fourth-order valence-electron chi connectivity index (χ4n) is 3.78. The molecule has 0 N–H and O–H groups in total. The lowest BCUT2D eigenvalue weighted by atomic mass is 9.88. The maximum absolute atomic E-state index is 12.7. The Morgan fingerprint density at radius 3 is 2.63 bits per heavy atom. The van der Waals surface area contributed by atoms with Crippen LogP contribution in [-0.4, -0.2) is 28.3 Å². The summed E-state index contributed by atoms with van der Waals surface area (Å²) in [5, 5.41) is 0. The molecule has 0 bridgehead atoms. The number of anilines is 1. The molecule has 0 radical (unpaired) electrons. The molecule has 4 rings (SSSR count). The Hall–Kier alpha value is -3.01. The molecule has 0 amide bonds. The van der Waals surface area contributed by atoms with E-state index in [0.29, 0.717) is 23.2 Å². The summed E-state index contributed by atoms with van der Waals surface area (Å²) >= 11 is 0. The summed E-state index contributed by atoms with van der Waals surface area (Å²) < 4.78 is 0. The van der Waals surface area contributed by atoms with Crippen LogP contribution in [0.15, 0.2) is 73.1 Å². The number of ketones is 1. The second-order valence-corrected chi connectivity index (χ2v) is 7.14. The lowest BCUT2D eigenvalue weighted by molar-refractivity contribution is 0.103. The maximum atomic E-state index is 12.7. The zero-order chi connectivity index (χ0) is 18.6. The average Bonchev–Trinajstić information content (AvgIpc) is 2.75. The van der Waals surface area contributed by atoms with Gasteiger partial charge in [-0.05, 0) is 49.6 Å². The molecule has 4 nitrogen and oxygen atoms in total. The minimum absolute atomic E-state index is 0.0887. The second kappa shape index (κ2) is 7.70. The SMILES string of the molecule is CC1CCC(c2ccccc2)CN1c1cccc(C(=O)c2cccnc2)n1. The second-order valence-electron chi connectivity index (χ2n) is 7.14. The Morgan fingerprint density at radius 2 is 1.85 bits per heavy atom. The van der Waals surface area contributed by atoms with Gasteiger partial charge in [-0.25, -0.2) is 4.98 Å². The minimum atomic E-state index is -0.0887. The van der Waals surface area contributed by atoms with Gasteiger partial charge >= 0.3 is 0 Å². The zero-order valence-corrected chi connectivity index (χ0v) is 15.5. The number of carbonyl (C=O) groups excluding carboxylic acids is 1. The quantitative estimate of drug-likeness (QED) is 0.646. The van der Waals surface area contributed by atoms with Gasteiger partial charge in [0.1, 0.15) is 11.5 Å². The van der Waals surface area contributed by atoms with Crippen LogP contribution in [0.25, 0.3) is 0 Å². The Bertz CT molecular complexity index is 911. The number of nitrogens with zero attached hydrogens (tertiary/aromatic N) is 3.